The molecule has 0 aliphatic heterocycles. The molecule has 1 amide bonds. The number of carbonyl (C=O) groups is 1. The van der Waals surface area contributed by atoms with Crippen molar-refractivity contribution in [3.8, 4) is 0 Å². The molecular formula is C22H24N2OS. The zero-order valence-electron chi connectivity index (χ0n) is 15.2. The van der Waals surface area contributed by atoms with Crippen molar-refractivity contribution < 1.29 is 4.79 Å². The second-order valence-corrected chi connectivity index (χ2v) is 7.43. The number of hydrogen-bond acceptors (Lipinski definition) is 3. The van der Waals surface area contributed by atoms with Gasteiger partial charge >= 0.3 is 0 Å². The van der Waals surface area contributed by atoms with E-state index < -0.39 is 0 Å². The number of rotatable bonds is 7. The summed E-state index contributed by atoms with van der Waals surface area (Å²) in [5, 5.41) is 5.20. The summed E-state index contributed by atoms with van der Waals surface area (Å²) in [6, 6.07) is 16.2. The van der Waals surface area contributed by atoms with E-state index in [-0.39, 0.29) is 11.9 Å². The van der Waals surface area contributed by atoms with Gasteiger partial charge < -0.3 is 5.32 Å². The van der Waals surface area contributed by atoms with Crippen LogP contribution in [0, 0.1) is 6.92 Å². The van der Waals surface area contributed by atoms with Gasteiger partial charge in [-0.3, -0.25) is 9.78 Å². The molecule has 2 aromatic heterocycles. The van der Waals surface area contributed by atoms with Crippen LogP contribution in [0.2, 0.25) is 0 Å². The second kappa shape index (κ2) is 8.77. The van der Waals surface area contributed by atoms with E-state index in [1.54, 1.807) is 17.5 Å². The number of amides is 1. The number of aromatic nitrogens is 1. The van der Waals surface area contributed by atoms with Crippen molar-refractivity contribution in [3.63, 3.8) is 0 Å². The lowest BCUT2D eigenvalue weighted by atomic mass is 10.0. The highest BCUT2D eigenvalue weighted by Crippen LogP contribution is 2.27. The Hall–Kier alpha value is -2.46. The molecule has 2 heterocycles. The minimum atomic E-state index is -0.149. The topological polar surface area (TPSA) is 42.0 Å². The first-order valence-corrected chi connectivity index (χ1v) is 9.91. The number of hydrogen-bond donors (Lipinski definition) is 1. The first kappa shape index (κ1) is 18.3. The Morgan fingerprint density at radius 3 is 2.58 bits per heavy atom. The monoisotopic (exact) mass is 364 g/mol. The van der Waals surface area contributed by atoms with Gasteiger partial charge in [0.05, 0.1) is 11.6 Å². The van der Waals surface area contributed by atoms with Crippen LogP contribution in [0.4, 0.5) is 0 Å². The van der Waals surface area contributed by atoms with E-state index in [2.05, 4.69) is 47.6 Å². The third-order valence-electron chi connectivity index (χ3n) is 4.41. The molecule has 1 atom stereocenters. The van der Waals surface area contributed by atoms with Gasteiger partial charge in [-0.25, -0.2) is 0 Å². The predicted octanol–water partition coefficient (Wildman–Crippen LogP) is 5.31. The zero-order chi connectivity index (χ0) is 18.4. The largest absolute Gasteiger partial charge is 0.340 e. The molecule has 0 aliphatic rings. The number of nitrogens with zero attached hydrogens (tertiary/aromatic N) is 1. The minimum Gasteiger partial charge on any atom is -0.340 e. The quantitative estimate of drug-likeness (QED) is 0.617. The van der Waals surface area contributed by atoms with E-state index in [0.717, 1.165) is 22.6 Å². The first-order chi connectivity index (χ1) is 12.7. The summed E-state index contributed by atoms with van der Waals surface area (Å²) in [5.74, 6) is -0.106. The molecule has 0 radical (unpaired) electrons. The molecule has 0 saturated heterocycles. The van der Waals surface area contributed by atoms with E-state index in [4.69, 9.17) is 0 Å². The van der Waals surface area contributed by atoms with Crippen LogP contribution in [-0.2, 0) is 6.42 Å². The lowest BCUT2D eigenvalue weighted by molar-refractivity contribution is 0.0943. The van der Waals surface area contributed by atoms with Gasteiger partial charge in [0.15, 0.2) is 0 Å². The third kappa shape index (κ3) is 4.58. The van der Waals surface area contributed by atoms with Crippen LogP contribution in [0.25, 0.3) is 0 Å². The molecular weight excluding hydrogens is 340 g/mol. The van der Waals surface area contributed by atoms with Crippen molar-refractivity contribution in [2.75, 3.05) is 0 Å². The van der Waals surface area contributed by atoms with Crippen LogP contribution < -0.4 is 5.32 Å². The Balaban J connectivity index is 1.82. The van der Waals surface area contributed by atoms with E-state index >= 15 is 0 Å². The maximum atomic E-state index is 12.7. The highest BCUT2D eigenvalue weighted by Gasteiger charge is 2.19. The smallest absolute Gasteiger partial charge is 0.253 e. The molecule has 3 rings (SSSR count). The van der Waals surface area contributed by atoms with E-state index in [0.29, 0.717) is 5.56 Å². The molecule has 0 fully saturated rings. The summed E-state index contributed by atoms with van der Waals surface area (Å²) in [5.41, 5.74) is 3.92. The number of nitrogens with one attached hydrogen (secondary N) is 1. The maximum Gasteiger partial charge on any atom is 0.253 e. The molecule has 1 N–H and O–H groups in total. The van der Waals surface area contributed by atoms with Crippen LogP contribution in [0.3, 0.4) is 0 Å². The molecule has 0 saturated carbocycles. The fourth-order valence-electron chi connectivity index (χ4n) is 2.85. The van der Waals surface area contributed by atoms with Crippen molar-refractivity contribution >= 4 is 17.2 Å². The van der Waals surface area contributed by atoms with Crippen molar-refractivity contribution in [3.05, 3.63) is 87.4 Å². The summed E-state index contributed by atoms with van der Waals surface area (Å²) in [6.07, 6.45) is 5.12. The summed E-state index contributed by atoms with van der Waals surface area (Å²) in [7, 11) is 0. The Bertz CT molecular complexity index is 824. The standard InChI is InChI=1S/C22H24N2OS/c1-3-4-6-17-9-12-18(13-10-17)21(20-7-5-14-26-20)24-22(25)19-11-8-16(2)23-15-19/h5,7-15,21H,3-4,6H2,1-2H3,(H,24,25). The molecule has 3 nitrogen and oxygen atoms in total. The van der Waals surface area contributed by atoms with Gasteiger partial charge in [0, 0.05) is 16.8 Å². The van der Waals surface area contributed by atoms with Gasteiger partial charge in [-0.2, -0.15) is 0 Å². The maximum absolute atomic E-state index is 12.7. The predicted molar refractivity (Wildman–Crippen MR) is 108 cm³/mol. The number of carbonyl (C=O) groups excluding carboxylic acids is 1. The lowest BCUT2D eigenvalue weighted by Crippen LogP contribution is -2.29. The molecule has 3 aromatic rings. The van der Waals surface area contributed by atoms with Gasteiger partial charge in [-0.15, -0.1) is 11.3 Å². The molecule has 0 bridgehead atoms. The van der Waals surface area contributed by atoms with E-state index in [1.807, 2.05) is 30.5 Å². The molecule has 134 valence electrons. The SMILES string of the molecule is CCCCc1ccc(C(NC(=O)c2ccc(C)nc2)c2cccs2)cc1. The summed E-state index contributed by atoms with van der Waals surface area (Å²) >= 11 is 1.65. The number of thiophene rings is 1. The minimum absolute atomic E-state index is 0.106. The molecule has 1 aromatic carbocycles. The van der Waals surface area contributed by atoms with E-state index in [1.165, 1.54) is 18.4 Å². The Morgan fingerprint density at radius 2 is 1.96 bits per heavy atom. The normalized spacial score (nSPS) is 11.9. The number of aryl methyl sites for hydroxylation is 2. The fourth-order valence-corrected chi connectivity index (χ4v) is 3.65. The number of benzene rings is 1. The number of unbranched alkanes of at least 4 members (excludes halogenated alkanes) is 1. The third-order valence-corrected chi connectivity index (χ3v) is 5.35. The highest BCUT2D eigenvalue weighted by atomic mass is 32.1. The highest BCUT2D eigenvalue weighted by molar-refractivity contribution is 7.10. The fraction of sp³-hybridized carbons (Fsp3) is 0.273. The Morgan fingerprint density at radius 1 is 1.15 bits per heavy atom. The molecule has 1 unspecified atom stereocenters. The molecule has 4 heteroatoms. The van der Waals surface area contributed by atoms with Crippen LogP contribution in [-0.4, -0.2) is 10.9 Å². The van der Waals surface area contributed by atoms with Crippen LogP contribution in [0.5, 0.6) is 0 Å². The van der Waals surface area contributed by atoms with E-state index in [9.17, 15) is 4.79 Å². The molecule has 0 spiro atoms. The summed E-state index contributed by atoms with van der Waals surface area (Å²) in [6.45, 7) is 4.12. The van der Waals surface area contributed by atoms with Crippen molar-refractivity contribution in [1.82, 2.24) is 10.3 Å². The molecule has 0 aliphatic carbocycles. The van der Waals surface area contributed by atoms with Gasteiger partial charge in [-0.1, -0.05) is 43.7 Å². The van der Waals surface area contributed by atoms with Gasteiger partial charge in [0.1, 0.15) is 0 Å². The van der Waals surface area contributed by atoms with Crippen molar-refractivity contribution in [2.24, 2.45) is 0 Å². The zero-order valence-corrected chi connectivity index (χ0v) is 16.1. The molecule has 26 heavy (non-hydrogen) atoms. The Labute approximate surface area is 159 Å². The van der Waals surface area contributed by atoms with Crippen molar-refractivity contribution in [2.45, 2.75) is 39.2 Å². The average molecular weight is 365 g/mol. The van der Waals surface area contributed by atoms with Gasteiger partial charge in [0.2, 0.25) is 0 Å². The van der Waals surface area contributed by atoms with Crippen LogP contribution >= 0.6 is 11.3 Å². The van der Waals surface area contributed by atoms with Gasteiger partial charge in [0.25, 0.3) is 5.91 Å². The second-order valence-electron chi connectivity index (χ2n) is 6.46. The lowest BCUT2D eigenvalue weighted by Gasteiger charge is -2.18. The summed E-state index contributed by atoms with van der Waals surface area (Å²) in [4.78, 5) is 18.0. The number of pyridine rings is 1. The van der Waals surface area contributed by atoms with Crippen LogP contribution in [0.1, 0.15) is 57.9 Å². The first-order valence-electron chi connectivity index (χ1n) is 9.03. The average Bonchev–Trinajstić information content (AvgIpc) is 3.20. The van der Waals surface area contributed by atoms with Crippen LogP contribution in [0.15, 0.2) is 60.1 Å². The van der Waals surface area contributed by atoms with Gasteiger partial charge in [-0.05, 0) is 54.5 Å². The van der Waals surface area contributed by atoms with Crippen molar-refractivity contribution in [1.29, 1.82) is 0 Å². The summed E-state index contributed by atoms with van der Waals surface area (Å²) < 4.78 is 0. The Kier molecular flexibility index (Phi) is 6.18.